The molecule has 1 amide bonds. The zero-order valence-corrected chi connectivity index (χ0v) is 17.3. The van der Waals surface area contributed by atoms with Crippen LogP contribution in [0.25, 0.3) is 11.7 Å². The number of aromatic nitrogens is 2. The number of anilines is 1. The first-order valence-electron chi connectivity index (χ1n) is 9.08. The number of thioether (sulfide) groups is 1. The SMILES string of the molecule is CC(C)N1C(=O)/C(=C\c2c(N3CCOCC3)nc3ccccn3c2=O)SC1=S. The molecule has 0 spiro atoms. The molecule has 9 heteroatoms. The molecule has 2 aromatic rings. The van der Waals surface area contributed by atoms with Gasteiger partial charge in [0.05, 0.1) is 23.7 Å². The van der Waals surface area contributed by atoms with Crippen LogP contribution in [-0.4, -0.2) is 56.9 Å². The number of carbonyl (C=O) groups is 1. The zero-order valence-electron chi connectivity index (χ0n) is 15.6. The van der Waals surface area contributed by atoms with Crippen LogP contribution in [0.3, 0.4) is 0 Å². The molecule has 0 saturated carbocycles. The molecule has 4 rings (SSSR count). The second kappa shape index (κ2) is 7.65. The van der Waals surface area contributed by atoms with Gasteiger partial charge in [-0.05, 0) is 32.1 Å². The largest absolute Gasteiger partial charge is 0.378 e. The monoisotopic (exact) mass is 416 g/mol. The van der Waals surface area contributed by atoms with Crippen molar-refractivity contribution in [3.05, 3.63) is 45.2 Å². The van der Waals surface area contributed by atoms with E-state index < -0.39 is 0 Å². The number of thiocarbonyl (C=S) groups is 1. The van der Waals surface area contributed by atoms with Crippen LogP contribution in [0.5, 0.6) is 0 Å². The Labute approximate surface area is 172 Å². The summed E-state index contributed by atoms with van der Waals surface area (Å²) >= 11 is 6.58. The van der Waals surface area contributed by atoms with Gasteiger partial charge in [0.2, 0.25) is 0 Å². The molecule has 0 bridgehead atoms. The molecule has 2 aromatic heterocycles. The van der Waals surface area contributed by atoms with Crippen molar-refractivity contribution >= 4 is 51.7 Å². The van der Waals surface area contributed by atoms with Crippen LogP contribution in [0.2, 0.25) is 0 Å². The van der Waals surface area contributed by atoms with Gasteiger partial charge in [0.25, 0.3) is 11.5 Å². The second-order valence-corrected chi connectivity index (χ2v) is 8.50. The van der Waals surface area contributed by atoms with Crippen LogP contribution >= 0.6 is 24.0 Å². The Kier molecular flexibility index (Phi) is 5.22. The minimum Gasteiger partial charge on any atom is -0.378 e. The van der Waals surface area contributed by atoms with Crippen molar-refractivity contribution < 1.29 is 9.53 Å². The minimum atomic E-state index is -0.207. The zero-order chi connectivity index (χ0) is 19.8. The highest BCUT2D eigenvalue weighted by molar-refractivity contribution is 8.26. The van der Waals surface area contributed by atoms with Gasteiger partial charge < -0.3 is 9.64 Å². The number of hydrogen-bond donors (Lipinski definition) is 0. The molecule has 0 aliphatic carbocycles. The van der Waals surface area contributed by atoms with E-state index in [1.54, 1.807) is 29.3 Å². The average molecular weight is 417 g/mol. The summed E-state index contributed by atoms with van der Waals surface area (Å²) in [6.07, 6.45) is 3.33. The summed E-state index contributed by atoms with van der Waals surface area (Å²) in [7, 11) is 0. The molecule has 2 aliphatic rings. The molecular weight excluding hydrogens is 396 g/mol. The molecule has 2 aliphatic heterocycles. The highest BCUT2D eigenvalue weighted by Crippen LogP contribution is 2.34. The maximum Gasteiger partial charge on any atom is 0.267 e. The summed E-state index contributed by atoms with van der Waals surface area (Å²) in [5.41, 5.74) is 0.762. The van der Waals surface area contributed by atoms with Gasteiger partial charge in [-0.3, -0.25) is 18.9 Å². The molecule has 0 aromatic carbocycles. The maximum absolute atomic E-state index is 13.2. The number of amides is 1. The van der Waals surface area contributed by atoms with Crippen LogP contribution in [0.4, 0.5) is 5.82 Å². The molecule has 0 N–H and O–H groups in total. The van der Waals surface area contributed by atoms with E-state index in [2.05, 4.69) is 0 Å². The fraction of sp³-hybridized carbons (Fsp3) is 0.368. The summed E-state index contributed by atoms with van der Waals surface area (Å²) < 4.78 is 7.44. The van der Waals surface area contributed by atoms with E-state index in [-0.39, 0.29) is 17.5 Å². The lowest BCUT2D eigenvalue weighted by atomic mass is 10.2. The van der Waals surface area contributed by atoms with Gasteiger partial charge in [-0.25, -0.2) is 4.98 Å². The van der Waals surface area contributed by atoms with E-state index in [0.717, 1.165) is 0 Å². The Bertz CT molecular complexity index is 1040. The number of hydrogen-bond acceptors (Lipinski definition) is 7. The minimum absolute atomic E-state index is 0.0343. The number of rotatable bonds is 3. The van der Waals surface area contributed by atoms with Crippen molar-refractivity contribution in [3.8, 4) is 0 Å². The summed E-state index contributed by atoms with van der Waals surface area (Å²) in [6.45, 7) is 6.26. The van der Waals surface area contributed by atoms with Crippen LogP contribution in [-0.2, 0) is 9.53 Å². The second-order valence-electron chi connectivity index (χ2n) is 6.83. The van der Waals surface area contributed by atoms with E-state index in [9.17, 15) is 9.59 Å². The van der Waals surface area contributed by atoms with E-state index >= 15 is 0 Å². The highest BCUT2D eigenvalue weighted by atomic mass is 32.2. The number of fused-ring (bicyclic) bond motifs is 1. The number of ether oxygens (including phenoxy) is 1. The smallest absolute Gasteiger partial charge is 0.267 e. The van der Waals surface area contributed by atoms with Crippen LogP contribution in [0, 0.1) is 0 Å². The number of pyridine rings is 1. The Morgan fingerprint density at radius 3 is 2.68 bits per heavy atom. The van der Waals surface area contributed by atoms with Gasteiger partial charge in [0, 0.05) is 25.3 Å². The third-order valence-corrected chi connectivity index (χ3v) is 6.01. The molecule has 2 fully saturated rings. The Balaban J connectivity index is 1.88. The lowest BCUT2D eigenvalue weighted by molar-refractivity contribution is -0.123. The van der Waals surface area contributed by atoms with Crippen molar-refractivity contribution in [1.82, 2.24) is 14.3 Å². The number of carbonyl (C=O) groups excluding carboxylic acids is 1. The molecule has 7 nitrogen and oxygen atoms in total. The summed E-state index contributed by atoms with van der Waals surface area (Å²) in [5, 5.41) is 0. The average Bonchev–Trinajstić information content (AvgIpc) is 2.98. The first kappa shape index (κ1) is 19.1. The van der Waals surface area contributed by atoms with Crippen LogP contribution < -0.4 is 10.5 Å². The van der Waals surface area contributed by atoms with Gasteiger partial charge in [0.1, 0.15) is 15.8 Å². The predicted octanol–water partition coefficient (Wildman–Crippen LogP) is 2.14. The summed E-state index contributed by atoms with van der Waals surface area (Å²) in [5.74, 6) is 0.407. The fourth-order valence-electron chi connectivity index (χ4n) is 3.29. The maximum atomic E-state index is 13.2. The van der Waals surface area contributed by atoms with Gasteiger partial charge in [0.15, 0.2) is 0 Å². The van der Waals surface area contributed by atoms with Crippen molar-refractivity contribution in [2.24, 2.45) is 0 Å². The number of morpholine rings is 1. The van der Waals surface area contributed by atoms with Gasteiger partial charge >= 0.3 is 0 Å². The molecule has 4 heterocycles. The predicted molar refractivity (Wildman–Crippen MR) is 115 cm³/mol. The van der Waals surface area contributed by atoms with E-state index in [0.29, 0.717) is 52.6 Å². The van der Waals surface area contributed by atoms with Crippen molar-refractivity contribution in [2.75, 3.05) is 31.2 Å². The van der Waals surface area contributed by atoms with Gasteiger partial charge in [-0.2, -0.15) is 0 Å². The van der Waals surface area contributed by atoms with Crippen molar-refractivity contribution in [2.45, 2.75) is 19.9 Å². The standard InChI is InChI=1S/C19H20N4O3S2/c1-12(2)23-18(25)14(28-19(23)27)11-13-16(21-7-9-26-10-8-21)20-15-5-3-4-6-22(15)17(13)24/h3-6,11-12H,7-10H2,1-2H3/b14-11+. The fourth-order valence-corrected chi connectivity index (χ4v) is 4.80. The van der Waals surface area contributed by atoms with Gasteiger partial charge in [-0.15, -0.1) is 0 Å². The molecule has 2 saturated heterocycles. The molecule has 28 heavy (non-hydrogen) atoms. The Morgan fingerprint density at radius 2 is 2.00 bits per heavy atom. The molecule has 0 radical (unpaired) electrons. The molecule has 146 valence electrons. The molecule has 0 unspecified atom stereocenters. The lowest BCUT2D eigenvalue weighted by Gasteiger charge is -2.29. The number of nitrogens with zero attached hydrogens (tertiary/aromatic N) is 4. The van der Waals surface area contributed by atoms with E-state index in [4.69, 9.17) is 21.9 Å². The summed E-state index contributed by atoms with van der Waals surface area (Å²) in [4.78, 5) is 34.8. The van der Waals surface area contributed by atoms with Crippen molar-refractivity contribution in [1.29, 1.82) is 0 Å². The molecule has 0 atom stereocenters. The van der Waals surface area contributed by atoms with E-state index in [1.165, 1.54) is 16.2 Å². The van der Waals surface area contributed by atoms with Crippen LogP contribution in [0.1, 0.15) is 19.4 Å². The normalized spacial score (nSPS) is 19.5. The van der Waals surface area contributed by atoms with Gasteiger partial charge in [-0.1, -0.05) is 30.0 Å². The third kappa shape index (κ3) is 3.34. The quantitative estimate of drug-likeness (QED) is 0.561. The van der Waals surface area contributed by atoms with E-state index in [1.807, 2.05) is 24.8 Å². The Morgan fingerprint density at radius 1 is 1.25 bits per heavy atom. The third-order valence-electron chi connectivity index (χ3n) is 4.67. The first-order chi connectivity index (χ1) is 13.5. The topological polar surface area (TPSA) is 67.2 Å². The van der Waals surface area contributed by atoms with Crippen molar-refractivity contribution in [3.63, 3.8) is 0 Å². The highest BCUT2D eigenvalue weighted by Gasteiger charge is 2.34. The Hall–Kier alpha value is -2.23. The molecular formula is C19H20N4O3S2. The van der Waals surface area contributed by atoms with Crippen LogP contribution in [0.15, 0.2) is 34.1 Å². The first-order valence-corrected chi connectivity index (χ1v) is 10.3. The summed E-state index contributed by atoms with van der Waals surface area (Å²) in [6, 6.07) is 5.39. The lowest BCUT2D eigenvalue weighted by Crippen LogP contribution is -2.38.